The SMILES string of the molecule is CC(C)CC(C)(CN)NC(=O)c1cncnc1. The molecule has 1 unspecified atom stereocenters. The number of amides is 1. The second-order valence-electron chi connectivity index (χ2n) is 4.94. The molecular formula is C12H20N4O. The second-order valence-corrected chi connectivity index (χ2v) is 4.94. The first-order chi connectivity index (χ1) is 7.97. The monoisotopic (exact) mass is 236 g/mol. The molecule has 3 N–H and O–H groups in total. The highest BCUT2D eigenvalue weighted by Gasteiger charge is 2.26. The summed E-state index contributed by atoms with van der Waals surface area (Å²) < 4.78 is 0. The van der Waals surface area contributed by atoms with Crippen molar-refractivity contribution >= 4 is 5.91 Å². The van der Waals surface area contributed by atoms with E-state index < -0.39 is 0 Å². The number of hydrogen-bond donors (Lipinski definition) is 2. The molecule has 5 nitrogen and oxygen atoms in total. The van der Waals surface area contributed by atoms with Gasteiger partial charge in [-0.2, -0.15) is 0 Å². The first-order valence-electron chi connectivity index (χ1n) is 5.74. The molecule has 0 aromatic carbocycles. The first-order valence-corrected chi connectivity index (χ1v) is 5.74. The quantitative estimate of drug-likeness (QED) is 0.798. The molecule has 0 aliphatic rings. The predicted octanol–water partition coefficient (Wildman–Crippen LogP) is 0.970. The average molecular weight is 236 g/mol. The Morgan fingerprint density at radius 2 is 2.06 bits per heavy atom. The van der Waals surface area contributed by atoms with E-state index in [0.29, 0.717) is 18.0 Å². The lowest BCUT2D eigenvalue weighted by Gasteiger charge is -2.31. The minimum absolute atomic E-state index is 0.181. The Morgan fingerprint density at radius 1 is 1.47 bits per heavy atom. The Hall–Kier alpha value is -1.49. The van der Waals surface area contributed by atoms with Crippen LogP contribution in [0.5, 0.6) is 0 Å². The first kappa shape index (κ1) is 13.6. The summed E-state index contributed by atoms with van der Waals surface area (Å²) in [5, 5.41) is 2.95. The third-order valence-corrected chi connectivity index (χ3v) is 2.55. The highest BCUT2D eigenvalue weighted by molar-refractivity contribution is 5.94. The molecule has 1 aromatic rings. The van der Waals surface area contributed by atoms with Crippen molar-refractivity contribution in [3.8, 4) is 0 Å². The molecule has 5 heteroatoms. The number of nitrogens with one attached hydrogen (secondary N) is 1. The Morgan fingerprint density at radius 3 is 2.53 bits per heavy atom. The molecule has 1 aromatic heterocycles. The summed E-state index contributed by atoms with van der Waals surface area (Å²) in [5.41, 5.74) is 5.80. The lowest BCUT2D eigenvalue weighted by molar-refractivity contribution is 0.0897. The standard InChI is InChI=1S/C12H20N4O/c1-9(2)4-12(3,7-13)16-11(17)10-5-14-8-15-6-10/h5-6,8-9H,4,7,13H2,1-3H3,(H,16,17). The van der Waals surface area contributed by atoms with Crippen LogP contribution in [0, 0.1) is 5.92 Å². The molecule has 0 spiro atoms. The van der Waals surface area contributed by atoms with E-state index in [2.05, 4.69) is 29.1 Å². The number of aromatic nitrogens is 2. The van der Waals surface area contributed by atoms with Gasteiger partial charge in [-0.25, -0.2) is 9.97 Å². The topological polar surface area (TPSA) is 80.9 Å². The van der Waals surface area contributed by atoms with Gasteiger partial charge in [-0.1, -0.05) is 13.8 Å². The van der Waals surface area contributed by atoms with Crippen molar-refractivity contribution in [3.63, 3.8) is 0 Å². The number of nitrogens with two attached hydrogens (primary N) is 1. The van der Waals surface area contributed by atoms with Crippen LogP contribution in [-0.4, -0.2) is 28.0 Å². The van der Waals surface area contributed by atoms with E-state index >= 15 is 0 Å². The normalized spacial score (nSPS) is 14.4. The van der Waals surface area contributed by atoms with Gasteiger partial charge in [0.05, 0.1) is 5.56 Å². The number of nitrogens with zero attached hydrogens (tertiary/aromatic N) is 2. The lowest BCUT2D eigenvalue weighted by Crippen LogP contribution is -2.52. The van der Waals surface area contributed by atoms with Crippen molar-refractivity contribution in [2.75, 3.05) is 6.54 Å². The smallest absolute Gasteiger partial charge is 0.254 e. The van der Waals surface area contributed by atoms with E-state index in [9.17, 15) is 4.79 Å². The third-order valence-electron chi connectivity index (χ3n) is 2.55. The van der Waals surface area contributed by atoms with Crippen molar-refractivity contribution in [1.29, 1.82) is 0 Å². The Balaban J connectivity index is 2.72. The molecule has 1 amide bonds. The van der Waals surface area contributed by atoms with Crippen LogP contribution in [0.2, 0.25) is 0 Å². The molecule has 1 atom stereocenters. The molecule has 0 saturated heterocycles. The molecular weight excluding hydrogens is 216 g/mol. The summed E-state index contributed by atoms with van der Waals surface area (Å²) in [6, 6.07) is 0. The van der Waals surface area contributed by atoms with Crippen LogP contribution in [0.4, 0.5) is 0 Å². The van der Waals surface area contributed by atoms with Gasteiger partial charge in [0.15, 0.2) is 0 Å². The van der Waals surface area contributed by atoms with Crippen molar-refractivity contribution in [3.05, 3.63) is 24.3 Å². The Labute approximate surface area is 102 Å². The lowest BCUT2D eigenvalue weighted by atomic mass is 9.90. The van der Waals surface area contributed by atoms with Crippen LogP contribution in [-0.2, 0) is 0 Å². The summed E-state index contributed by atoms with van der Waals surface area (Å²) in [5.74, 6) is 0.287. The highest BCUT2D eigenvalue weighted by atomic mass is 16.1. The van der Waals surface area contributed by atoms with E-state index in [1.54, 1.807) is 0 Å². The number of hydrogen-bond acceptors (Lipinski definition) is 4. The molecule has 1 heterocycles. The van der Waals surface area contributed by atoms with Gasteiger partial charge < -0.3 is 11.1 Å². The van der Waals surface area contributed by atoms with Gasteiger partial charge in [-0.15, -0.1) is 0 Å². The van der Waals surface area contributed by atoms with E-state index in [-0.39, 0.29) is 11.4 Å². The van der Waals surface area contributed by atoms with E-state index in [0.717, 1.165) is 6.42 Å². The van der Waals surface area contributed by atoms with Gasteiger partial charge in [-0.3, -0.25) is 4.79 Å². The van der Waals surface area contributed by atoms with Gasteiger partial charge in [0, 0.05) is 24.5 Å². The minimum atomic E-state index is -0.388. The third kappa shape index (κ3) is 4.11. The van der Waals surface area contributed by atoms with E-state index in [4.69, 9.17) is 5.73 Å². The summed E-state index contributed by atoms with van der Waals surface area (Å²) in [6.07, 6.45) is 5.22. The molecule has 0 bridgehead atoms. The number of carbonyl (C=O) groups is 1. The van der Waals surface area contributed by atoms with Crippen LogP contribution in [0.3, 0.4) is 0 Å². The number of carbonyl (C=O) groups excluding carboxylic acids is 1. The van der Waals surface area contributed by atoms with Crippen molar-refractivity contribution in [2.45, 2.75) is 32.7 Å². The fourth-order valence-corrected chi connectivity index (χ4v) is 1.85. The molecule has 94 valence electrons. The highest BCUT2D eigenvalue weighted by Crippen LogP contribution is 2.15. The van der Waals surface area contributed by atoms with E-state index in [1.165, 1.54) is 18.7 Å². The van der Waals surface area contributed by atoms with Crippen LogP contribution in [0.25, 0.3) is 0 Å². The summed E-state index contributed by atoms with van der Waals surface area (Å²) in [6.45, 7) is 6.57. The summed E-state index contributed by atoms with van der Waals surface area (Å²) >= 11 is 0. The van der Waals surface area contributed by atoms with Crippen molar-refractivity contribution in [2.24, 2.45) is 11.7 Å². The van der Waals surface area contributed by atoms with Gasteiger partial charge in [0.1, 0.15) is 6.33 Å². The van der Waals surface area contributed by atoms with Gasteiger partial charge in [0.2, 0.25) is 0 Å². The van der Waals surface area contributed by atoms with Gasteiger partial charge in [0.25, 0.3) is 5.91 Å². The molecule has 0 saturated carbocycles. The van der Waals surface area contributed by atoms with Crippen LogP contribution < -0.4 is 11.1 Å². The van der Waals surface area contributed by atoms with Gasteiger partial charge >= 0.3 is 0 Å². The Bertz CT molecular complexity index is 366. The van der Waals surface area contributed by atoms with Crippen LogP contribution in [0.1, 0.15) is 37.6 Å². The zero-order chi connectivity index (χ0) is 12.9. The maximum atomic E-state index is 12.0. The Kier molecular flexibility index (Phi) is 4.57. The second kappa shape index (κ2) is 5.72. The summed E-state index contributed by atoms with van der Waals surface area (Å²) in [7, 11) is 0. The fraction of sp³-hybridized carbons (Fsp3) is 0.583. The average Bonchev–Trinajstić information content (AvgIpc) is 2.29. The van der Waals surface area contributed by atoms with Crippen molar-refractivity contribution in [1.82, 2.24) is 15.3 Å². The molecule has 0 aliphatic heterocycles. The van der Waals surface area contributed by atoms with Crippen LogP contribution in [0.15, 0.2) is 18.7 Å². The zero-order valence-electron chi connectivity index (χ0n) is 10.6. The maximum Gasteiger partial charge on any atom is 0.254 e. The predicted molar refractivity (Wildman–Crippen MR) is 66.4 cm³/mol. The molecule has 1 rings (SSSR count). The zero-order valence-corrected chi connectivity index (χ0v) is 10.6. The molecule has 17 heavy (non-hydrogen) atoms. The largest absolute Gasteiger partial charge is 0.346 e. The van der Waals surface area contributed by atoms with Crippen molar-refractivity contribution < 1.29 is 4.79 Å². The van der Waals surface area contributed by atoms with Gasteiger partial charge in [-0.05, 0) is 19.3 Å². The molecule has 0 radical (unpaired) electrons. The van der Waals surface area contributed by atoms with Crippen LogP contribution >= 0.6 is 0 Å². The maximum absolute atomic E-state index is 12.0. The van der Waals surface area contributed by atoms with E-state index in [1.807, 2.05) is 6.92 Å². The molecule has 0 aliphatic carbocycles. The number of rotatable bonds is 5. The minimum Gasteiger partial charge on any atom is -0.346 e. The summed E-state index contributed by atoms with van der Waals surface area (Å²) in [4.78, 5) is 19.6. The molecule has 0 fully saturated rings. The fourth-order valence-electron chi connectivity index (χ4n) is 1.85.